The number of methoxy groups -OCH3 is 1. The van der Waals surface area contributed by atoms with Gasteiger partial charge in [-0.1, -0.05) is 27.6 Å². The zero-order chi connectivity index (χ0) is 22.0. The first-order valence-electron chi connectivity index (χ1n) is 10.4. The Morgan fingerprint density at radius 2 is 1.97 bits per heavy atom. The molecule has 1 N–H and O–H groups in total. The molecule has 1 amide bonds. The number of aryl methyl sites for hydroxylation is 1. The van der Waals surface area contributed by atoms with Crippen molar-refractivity contribution >= 4 is 33.2 Å². The van der Waals surface area contributed by atoms with Crippen molar-refractivity contribution in [2.24, 2.45) is 5.10 Å². The summed E-state index contributed by atoms with van der Waals surface area (Å²) < 4.78 is 12.8. The smallest absolute Gasteiger partial charge is 0.306 e. The fourth-order valence-corrected chi connectivity index (χ4v) is 5.16. The summed E-state index contributed by atoms with van der Waals surface area (Å²) in [6.07, 6.45) is 0.662. The van der Waals surface area contributed by atoms with Crippen LogP contribution in [-0.4, -0.2) is 23.7 Å². The van der Waals surface area contributed by atoms with Crippen LogP contribution in [0.5, 0.6) is 11.5 Å². The minimum absolute atomic E-state index is 0.134. The van der Waals surface area contributed by atoms with Crippen LogP contribution < -0.4 is 14.8 Å². The molecular weight excluding hydrogens is 470 g/mol. The van der Waals surface area contributed by atoms with Crippen LogP contribution in [0.15, 0.2) is 70.2 Å². The summed E-state index contributed by atoms with van der Waals surface area (Å²) in [7, 11) is 1.65. The van der Waals surface area contributed by atoms with Gasteiger partial charge in [-0.05, 0) is 67.1 Å². The van der Waals surface area contributed by atoms with E-state index in [0.717, 1.165) is 43.9 Å². The summed E-state index contributed by atoms with van der Waals surface area (Å²) >= 11 is 3.58. The number of nitrogens with one attached hydrogen (secondary N) is 1. The molecule has 0 saturated heterocycles. The molecule has 3 aromatic carbocycles. The van der Waals surface area contributed by atoms with Crippen LogP contribution in [-0.2, 0) is 10.5 Å². The number of hydrazone groups is 1. The number of amides is 1. The average Bonchev–Trinajstić information content (AvgIpc) is 3.36. The van der Waals surface area contributed by atoms with Crippen molar-refractivity contribution in [2.75, 3.05) is 12.4 Å². The highest BCUT2D eigenvalue weighted by Gasteiger charge is 2.60. The number of benzene rings is 3. The van der Waals surface area contributed by atoms with Crippen molar-refractivity contribution in [1.82, 2.24) is 5.01 Å². The van der Waals surface area contributed by atoms with Crippen molar-refractivity contribution < 1.29 is 14.3 Å². The van der Waals surface area contributed by atoms with Gasteiger partial charge in [0, 0.05) is 16.5 Å². The highest BCUT2D eigenvalue weighted by atomic mass is 79.9. The average molecular weight is 490 g/mol. The number of hydrogen-bond acceptors (Lipinski definition) is 5. The molecule has 0 bridgehead atoms. The zero-order valence-electron chi connectivity index (χ0n) is 17.6. The summed E-state index contributed by atoms with van der Waals surface area (Å²) in [6, 6.07) is 19.5. The molecule has 3 aliphatic heterocycles. The number of halogens is 1. The first-order valence-corrected chi connectivity index (χ1v) is 11.2. The number of rotatable bonds is 2. The monoisotopic (exact) mass is 489 g/mol. The van der Waals surface area contributed by atoms with E-state index in [1.165, 1.54) is 0 Å². The summed E-state index contributed by atoms with van der Waals surface area (Å²) in [5.74, 6) is 1.26. The number of anilines is 1. The molecule has 0 aromatic heterocycles. The molecule has 0 fully saturated rings. The first-order chi connectivity index (χ1) is 15.5. The lowest BCUT2D eigenvalue weighted by atomic mass is 9.92. The van der Waals surface area contributed by atoms with Gasteiger partial charge in [-0.25, -0.2) is 5.01 Å². The summed E-state index contributed by atoms with van der Waals surface area (Å²) in [5, 5.41) is 9.84. The van der Waals surface area contributed by atoms with Gasteiger partial charge < -0.3 is 14.8 Å². The van der Waals surface area contributed by atoms with Crippen molar-refractivity contribution in [2.45, 2.75) is 25.1 Å². The lowest BCUT2D eigenvalue weighted by molar-refractivity contribution is -0.161. The standard InChI is InChI=1S/C25H20BrN3O3/c1-14-3-9-20-19(11-14)25(24(30)27-20)29-22(18-12-16(26)6-10-23(18)32-25)13-21(28-29)15-4-7-17(31-2)8-5-15/h3-12,22H,13H2,1-2H3,(H,27,30). The van der Waals surface area contributed by atoms with Crippen LogP contribution in [0.1, 0.15) is 34.7 Å². The molecule has 0 radical (unpaired) electrons. The Bertz CT molecular complexity index is 1300. The third kappa shape index (κ3) is 2.64. The highest BCUT2D eigenvalue weighted by Crippen LogP contribution is 2.54. The van der Waals surface area contributed by atoms with Gasteiger partial charge in [0.15, 0.2) is 0 Å². The molecule has 6 rings (SSSR count). The van der Waals surface area contributed by atoms with E-state index in [2.05, 4.69) is 27.3 Å². The lowest BCUT2D eigenvalue weighted by Crippen LogP contribution is -2.55. The number of nitrogens with zero attached hydrogens (tertiary/aromatic N) is 2. The maximum Gasteiger partial charge on any atom is 0.306 e. The maximum atomic E-state index is 13.5. The molecule has 3 aromatic rings. The third-order valence-electron chi connectivity index (χ3n) is 6.34. The molecule has 0 aliphatic carbocycles. The molecule has 3 heterocycles. The maximum absolute atomic E-state index is 13.5. The van der Waals surface area contributed by atoms with Crippen LogP contribution in [0.4, 0.5) is 5.69 Å². The highest BCUT2D eigenvalue weighted by molar-refractivity contribution is 9.10. The predicted molar refractivity (Wildman–Crippen MR) is 125 cm³/mol. The van der Waals surface area contributed by atoms with E-state index < -0.39 is 5.72 Å². The van der Waals surface area contributed by atoms with E-state index in [-0.39, 0.29) is 11.9 Å². The van der Waals surface area contributed by atoms with Gasteiger partial charge in [0.25, 0.3) is 5.91 Å². The lowest BCUT2D eigenvalue weighted by Gasteiger charge is -2.44. The molecule has 1 spiro atoms. The van der Waals surface area contributed by atoms with E-state index in [4.69, 9.17) is 14.6 Å². The second-order valence-corrected chi connectivity index (χ2v) is 9.19. The normalized spacial score (nSPS) is 22.6. The van der Waals surface area contributed by atoms with E-state index in [9.17, 15) is 4.79 Å². The summed E-state index contributed by atoms with van der Waals surface area (Å²) in [4.78, 5) is 13.5. The number of fused-ring (bicyclic) bond motifs is 6. The Balaban J connectivity index is 1.55. The van der Waals surface area contributed by atoms with Crippen LogP contribution in [0, 0.1) is 6.92 Å². The quantitative estimate of drug-likeness (QED) is 0.542. The molecule has 6 nitrogen and oxygen atoms in total. The van der Waals surface area contributed by atoms with Crippen LogP contribution in [0.2, 0.25) is 0 Å². The van der Waals surface area contributed by atoms with Crippen molar-refractivity contribution in [3.63, 3.8) is 0 Å². The number of carbonyl (C=O) groups excluding carboxylic acids is 1. The predicted octanol–water partition coefficient (Wildman–Crippen LogP) is 5.11. The molecule has 2 unspecified atom stereocenters. The number of carbonyl (C=O) groups is 1. The zero-order valence-corrected chi connectivity index (χ0v) is 19.1. The fourth-order valence-electron chi connectivity index (χ4n) is 4.78. The van der Waals surface area contributed by atoms with E-state index in [1.54, 1.807) is 7.11 Å². The topological polar surface area (TPSA) is 63.2 Å². The van der Waals surface area contributed by atoms with Gasteiger partial charge >= 0.3 is 5.72 Å². The molecule has 2 atom stereocenters. The third-order valence-corrected chi connectivity index (χ3v) is 6.83. The van der Waals surface area contributed by atoms with Crippen molar-refractivity contribution in [1.29, 1.82) is 0 Å². The molecule has 7 heteroatoms. The molecular formula is C25H20BrN3O3. The Morgan fingerprint density at radius 3 is 2.75 bits per heavy atom. The Morgan fingerprint density at radius 1 is 1.16 bits per heavy atom. The largest absolute Gasteiger partial charge is 0.497 e. The van der Waals surface area contributed by atoms with Gasteiger partial charge in [0.05, 0.1) is 30.1 Å². The van der Waals surface area contributed by atoms with Gasteiger partial charge in [0.1, 0.15) is 11.5 Å². The van der Waals surface area contributed by atoms with Crippen LogP contribution in [0.3, 0.4) is 0 Å². The van der Waals surface area contributed by atoms with E-state index in [0.29, 0.717) is 12.2 Å². The van der Waals surface area contributed by atoms with Crippen molar-refractivity contribution in [3.05, 3.63) is 87.4 Å². The van der Waals surface area contributed by atoms with Crippen molar-refractivity contribution in [3.8, 4) is 11.5 Å². The number of ether oxygens (including phenoxy) is 2. The Kier molecular flexibility index (Phi) is 4.14. The number of hydrogen-bond donors (Lipinski definition) is 1. The van der Waals surface area contributed by atoms with Gasteiger partial charge in [-0.15, -0.1) is 0 Å². The van der Waals surface area contributed by atoms with Gasteiger partial charge in [-0.2, -0.15) is 5.10 Å². The first kappa shape index (κ1) is 19.4. The molecule has 160 valence electrons. The summed E-state index contributed by atoms with van der Waals surface area (Å²) in [5.41, 5.74) is 4.16. The van der Waals surface area contributed by atoms with Gasteiger partial charge in [-0.3, -0.25) is 4.79 Å². The second kappa shape index (κ2) is 6.84. The Hall–Kier alpha value is -3.32. The molecule has 0 saturated carbocycles. The SMILES string of the molecule is COc1ccc(C2=NN3C(C2)c2cc(Br)ccc2OC32C(=O)Nc3ccc(C)cc32)cc1. The van der Waals surface area contributed by atoms with E-state index in [1.807, 2.05) is 66.5 Å². The van der Waals surface area contributed by atoms with E-state index >= 15 is 0 Å². The van der Waals surface area contributed by atoms with Crippen LogP contribution >= 0.6 is 15.9 Å². The second-order valence-electron chi connectivity index (χ2n) is 8.27. The van der Waals surface area contributed by atoms with Crippen LogP contribution in [0.25, 0.3) is 0 Å². The molecule has 32 heavy (non-hydrogen) atoms. The Labute approximate surface area is 194 Å². The minimum atomic E-state index is -1.35. The summed E-state index contributed by atoms with van der Waals surface area (Å²) in [6.45, 7) is 2.01. The fraction of sp³-hybridized carbons (Fsp3) is 0.200. The molecule has 3 aliphatic rings. The minimum Gasteiger partial charge on any atom is -0.497 e. The van der Waals surface area contributed by atoms with Gasteiger partial charge in [0.2, 0.25) is 0 Å².